The second-order valence-corrected chi connectivity index (χ2v) is 4.22. The molecule has 0 radical (unpaired) electrons. The van der Waals surface area contributed by atoms with Crippen LogP contribution in [0, 0.1) is 0 Å². The molecule has 16 heavy (non-hydrogen) atoms. The first-order valence-corrected chi connectivity index (χ1v) is 5.22. The second-order valence-electron chi connectivity index (χ2n) is 4.22. The number of phenolic OH excluding ortho intramolecular Hbond substituents is 1. The lowest BCUT2D eigenvalue weighted by molar-refractivity contribution is 0.0572. The number of nitrogens with zero attached hydrogens (tertiary/aromatic N) is 1. The van der Waals surface area contributed by atoms with Crippen molar-refractivity contribution in [2.45, 2.75) is 18.8 Å². The molecular weight excluding hydrogens is 208 g/mol. The van der Waals surface area contributed by atoms with Crippen molar-refractivity contribution in [3.8, 4) is 5.75 Å². The summed E-state index contributed by atoms with van der Waals surface area (Å²) in [6.07, 6.45) is -1.41. The molecule has 1 aromatic rings. The predicted octanol–water partition coefficient (Wildman–Crippen LogP) is -0.488. The molecule has 5 nitrogen and oxygen atoms in total. The van der Waals surface area contributed by atoms with Crippen molar-refractivity contribution in [2.75, 3.05) is 18.8 Å². The average Bonchev–Trinajstić information content (AvgIpc) is 2.52. The summed E-state index contributed by atoms with van der Waals surface area (Å²) >= 11 is 0. The minimum Gasteiger partial charge on any atom is -0.508 e. The summed E-state index contributed by atoms with van der Waals surface area (Å²) in [4.78, 5) is 1.88. The second kappa shape index (κ2) is 4.29. The van der Waals surface area contributed by atoms with Gasteiger partial charge in [-0.15, -0.1) is 0 Å². The lowest BCUT2D eigenvalue weighted by Crippen LogP contribution is -2.22. The highest BCUT2D eigenvalue weighted by Crippen LogP contribution is 2.23. The van der Waals surface area contributed by atoms with Gasteiger partial charge in [0.15, 0.2) is 0 Å². The Hall–Kier alpha value is -1.30. The maximum absolute atomic E-state index is 9.62. The fraction of sp³-hybridized carbons (Fsp3) is 0.455. The largest absolute Gasteiger partial charge is 0.508 e. The molecule has 1 fully saturated rings. The van der Waals surface area contributed by atoms with E-state index in [1.54, 1.807) is 18.2 Å². The summed E-state index contributed by atoms with van der Waals surface area (Å²) in [6, 6.07) is 4.88. The van der Waals surface area contributed by atoms with E-state index in [0.29, 0.717) is 30.9 Å². The molecule has 0 bridgehead atoms. The van der Waals surface area contributed by atoms with Crippen molar-refractivity contribution >= 4 is 5.69 Å². The topological polar surface area (TPSA) is 90.0 Å². The predicted molar refractivity (Wildman–Crippen MR) is 59.8 cm³/mol. The number of aromatic hydroxyl groups is 1. The molecule has 1 heterocycles. The molecule has 1 aliphatic rings. The standard InChI is InChI=1S/C11H16N2O3/c12-8-1-2-9(14)7(3-8)4-13-5-10(15)11(16)6-13/h1-3,10-11,14-16H,4-6,12H2. The van der Waals surface area contributed by atoms with Gasteiger partial charge in [-0.05, 0) is 18.2 Å². The van der Waals surface area contributed by atoms with Crippen molar-refractivity contribution in [3.05, 3.63) is 23.8 Å². The van der Waals surface area contributed by atoms with Crippen molar-refractivity contribution in [2.24, 2.45) is 0 Å². The molecule has 0 spiro atoms. The van der Waals surface area contributed by atoms with E-state index in [1.165, 1.54) is 0 Å². The molecule has 5 N–H and O–H groups in total. The van der Waals surface area contributed by atoms with Gasteiger partial charge in [-0.1, -0.05) is 0 Å². The molecule has 1 aromatic carbocycles. The van der Waals surface area contributed by atoms with Gasteiger partial charge in [0.2, 0.25) is 0 Å². The third-order valence-corrected chi connectivity index (χ3v) is 2.83. The molecule has 0 amide bonds. The van der Waals surface area contributed by atoms with Crippen LogP contribution in [-0.2, 0) is 6.54 Å². The number of nitrogens with two attached hydrogens (primary N) is 1. The summed E-state index contributed by atoms with van der Waals surface area (Å²) < 4.78 is 0. The molecule has 1 saturated heterocycles. The van der Waals surface area contributed by atoms with Gasteiger partial charge < -0.3 is 21.1 Å². The number of anilines is 1. The summed E-state index contributed by atoms with van der Waals surface area (Å²) in [5.74, 6) is 0.185. The Bertz CT molecular complexity index is 373. The van der Waals surface area contributed by atoms with Crippen LogP contribution in [0.5, 0.6) is 5.75 Å². The van der Waals surface area contributed by atoms with Gasteiger partial charge in [0.25, 0.3) is 0 Å². The molecule has 2 atom stereocenters. The first-order chi connectivity index (χ1) is 7.56. The SMILES string of the molecule is Nc1ccc(O)c(CN2CC(O)C(O)C2)c1. The molecule has 5 heteroatoms. The molecule has 88 valence electrons. The van der Waals surface area contributed by atoms with Crippen molar-refractivity contribution in [3.63, 3.8) is 0 Å². The Morgan fingerprint density at radius 2 is 1.88 bits per heavy atom. The molecular formula is C11H16N2O3. The van der Waals surface area contributed by atoms with E-state index >= 15 is 0 Å². The highest BCUT2D eigenvalue weighted by Gasteiger charge is 2.29. The van der Waals surface area contributed by atoms with Crippen LogP contribution in [-0.4, -0.2) is 45.5 Å². The van der Waals surface area contributed by atoms with E-state index in [-0.39, 0.29) is 5.75 Å². The summed E-state index contributed by atoms with van der Waals surface area (Å²) in [7, 11) is 0. The van der Waals surface area contributed by atoms with Crippen molar-refractivity contribution in [1.82, 2.24) is 4.90 Å². The Morgan fingerprint density at radius 1 is 1.25 bits per heavy atom. The number of hydrogen-bond acceptors (Lipinski definition) is 5. The number of benzene rings is 1. The van der Waals surface area contributed by atoms with Crippen molar-refractivity contribution < 1.29 is 15.3 Å². The molecule has 2 rings (SSSR count). The van der Waals surface area contributed by atoms with Crippen LogP contribution in [0.3, 0.4) is 0 Å². The van der Waals surface area contributed by atoms with E-state index in [1.807, 2.05) is 4.90 Å². The van der Waals surface area contributed by atoms with Gasteiger partial charge in [-0.3, -0.25) is 4.90 Å². The summed E-state index contributed by atoms with van der Waals surface area (Å²) in [5, 5.41) is 28.4. The fourth-order valence-electron chi connectivity index (χ4n) is 1.95. The van der Waals surface area contributed by atoms with E-state index in [2.05, 4.69) is 0 Å². The zero-order valence-corrected chi connectivity index (χ0v) is 8.87. The van der Waals surface area contributed by atoms with E-state index in [0.717, 1.165) is 0 Å². The van der Waals surface area contributed by atoms with Gasteiger partial charge in [-0.25, -0.2) is 0 Å². The Kier molecular flexibility index (Phi) is 3.00. The molecule has 2 unspecified atom stereocenters. The van der Waals surface area contributed by atoms with E-state index in [9.17, 15) is 15.3 Å². The number of aliphatic hydroxyl groups excluding tert-OH is 2. The Balaban J connectivity index is 2.07. The van der Waals surface area contributed by atoms with Crippen molar-refractivity contribution in [1.29, 1.82) is 0 Å². The number of hydrogen-bond donors (Lipinski definition) is 4. The Labute approximate surface area is 93.7 Å². The van der Waals surface area contributed by atoms with Crippen LogP contribution < -0.4 is 5.73 Å². The van der Waals surface area contributed by atoms with Crippen LogP contribution in [0.2, 0.25) is 0 Å². The first kappa shape index (κ1) is 11.2. The maximum atomic E-state index is 9.62. The third-order valence-electron chi connectivity index (χ3n) is 2.83. The number of rotatable bonds is 2. The first-order valence-electron chi connectivity index (χ1n) is 5.22. The average molecular weight is 224 g/mol. The third kappa shape index (κ3) is 2.27. The van der Waals surface area contributed by atoms with Crippen LogP contribution in [0.1, 0.15) is 5.56 Å². The highest BCUT2D eigenvalue weighted by atomic mass is 16.3. The van der Waals surface area contributed by atoms with E-state index < -0.39 is 12.2 Å². The van der Waals surface area contributed by atoms with E-state index in [4.69, 9.17) is 5.73 Å². The summed E-state index contributed by atoms with van der Waals surface area (Å²) in [5.41, 5.74) is 6.93. The quantitative estimate of drug-likeness (QED) is 0.402. The van der Waals surface area contributed by atoms with Gasteiger partial charge >= 0.3 is 0 Å². The Morgan fingerprint density at radius 3 is 2.50 bits per heavy atom. The molecule has 0 aromatic heterocycles. The fourth-order valence-corrected chi connectivity index (χ4v) is 1.95. The van der Waals surface area contributed by atoms with Gasteiger partial charge in [0.05, 0.1) is 12.2 Å². The zero-order valence-electron chi connectivity index (χ0n) is 8.87. The molecule has 0 saturated carbocycles. The van der Waals surface area contributed by atoms with Gasteiger partial charge in [0, 0.05) is 30.9 Å². The van der Waals surface area contributed by atoms with Gasteiger partial charge in [-0.2, -0.15) is 0 Å². The van der Waals surface area contributed by atoms with Crippen LogP contribution in [0.4, 0.5) is 5.69 Å². The molecule has 0 aliphatic carbocycles. The lowest BCUT2D eigenvalue weighted by atomic mass is 10.1. The minimum atomic E-state index is -0.705. The normalized spacial score (nSPS) is 26.1. The number of aliphatic hydroxyl groups is 2. The number of nitrogen functional groups attached to an aromatic ring is 1. The molecule has 1 aliphatic heterocycles. The lowest BCUT2D eigenvalue weighted by Gasteiger charge is -2.15. The van der Waals surface area contributed by atoms with Gasteiger partial charge in [0.1, 0.15) is 5.75 Å². The zero-order chi connectivity index (χ0) is 11.7. The van der Waals surface area contributed by atoms with Crippen LogP contribution in [0.25, 0.3) is 0 Å². The maximum Gasteiger partial charge on any atom is 0.120 e. The van der Waals surface area contributed by atoms with Crippen LogP contribution in [0.15, 0.2) is 18.2 Å². The summed E-state index contributed by atoms with van der Waals surface area (Å²) in [6.45, 7) is 1.30. The minimum absolute atomic E-state index is 0.185. The number of likely N-dealkylation sites (tertiary alicyclic amines) is 1. The monoisotopic (exact) mass is 224 g/mol. The highest BCUT2D eigenvalue weighted by molar-refractivity contribution is 5.47. The smallest absolute Gasteiger partial charge is 0.120 e. The number of β-amino-alcohol motifs (C(OH)–C–C–N with tert-alkyl or cyclic N) is 2. The van der Waals surface area contributed by atoms with Crippen LogP contribution >= 0.6 is 0 Å². The number of phenols is 1.